The molecule has 0 heterocycles. The van der Waals surface area contributed by atoms with Gasteiger partial charge in [0.05, 0.1) is 12.9 Å². The normalized spacial score (nSPS) is 10.4. The van der Waals surface area contributed by atoms with Crippen molar-refractivity contribution in [2.45, 2.75) is 26.2 Å². The number of halogens is 1. The highest BCUT2D eigenvalue weighted by molar-refractivity contribution is 7.99. The molecule has 1 rings (SSSR count). The van der Waals surface area contributed by atoms with Gasteiger partial charge in [0, 0.05) is 5.56 Å². The molecule has 1 aromatic carbocycles. The molecule has 2 nitrogen and oxygen atoms in total. The number of hydrogen-bond donors (Lipinski definition) is 0. The van der Waals surface area contributed by atoms with Gasteiger partial charge in [-0.1, -0.05) is 19.8 Å². The molecule has 18 heavy (non-hydrogen) atoms. The van der Waals surface area contributed by atoms with Crippen LogP contribution in [0.5, 0.6) is 5.75 Å². The maximum atomic E-state index is 13.4. The quantitative estimate of drug-likeness (QED) is 0.528. The third kappa shape index (κ3) is 4.69. The van der Waals surface area contributed by atoms with E-state index in [2.05, 4.69) is 6.92 Å². The molecule has 0 aliphatic heterocycles. The summed E-state index contributed by atoms with van der Waals surface area (Å²) in [5.74, 6) is 1.05. The van der Waals surface area contributed by atoms with E-state index in [1.807, 2.05) is 0 Å². The van der Waals surface area contributed by atoms with E-state index in [1.54, 1.807) is 17.8 Å². The van der Waals surface area contributed by atoms with Crippen LogP contribution in [0.4, 0.5) is 4.39 Å². The number of hydrogen-bond acceptors (Lipinski definition) is 3. The molecule has 0 N–H and O–H groups in total. The average molecular weight is 270 g/mol. The topological polar surface area (TPSA) is 26.3 Å². The number of methoxy groups -OCH3 is 1. The summed E-state index contributed by atoms with van der Waals surface area (Å²) in [6, 6.07) is 4.34. The number of Topliss-reactive ketones (excluding diaryl/α,β-unsaturated/α-hetero) is 1. The second-order valence-electron chi connectivity index (χ2n) is 4.03. The van der Waals surface area contributed by atoms with Crippen LogP contribution in [0, 0.1) is 5.82 Å². The lowest BCUT2D eigenvalue weighted by Crippen LogP contribution is -2.04. The van der Waals surface area contributed by atoms with Crippen LogP contribution >= 0.6 is 11.8 Å². The van der Waals surface area contributed by atoms with Gasteiger partial charge < -0.3 is 4.74 Å². The van der Waals surface area contributed by atoms with Crippen LogP contribution in [0.25, 0.3) is 0 Å². The zero-order valence-electron chi connectivity index (χ0n) is 10.9. The van der Waals surface area contributed by atoms with Gasteiger partial charge in [0.25, 0.3) is 0 Å². The smallest absolute Gasteiger partial charge is 0.172 e. The highest BCUT2D eigenvalue weighted by Crippen LogP contribution is 2.19. The lowest BCUT2D eigenvalue weighted by atomic mass is 10.1. The minimum Gasteiger partial charge on any atom is -0.494 e. The molecule has 0 radical (unpaired) electrons. The van der Waals surface area contributed by atoms with E-state index in [9.17, 15) is 9.18 Å². The van der Waals surface area contributed by atoms with Gasteiger partial charge in [0.15, 0.2) is 17.3 Å². The number of carbonyl (C=O) groups is 1. The predicted octanol–water partition coefficient (Wildman–Crippen LogP) is 3.94. The molecule has 100 valence electrons. The third-order valence-electron chi connectivity index (χ3n) is 2.60. The fourth-order valence-corrected chi connectivity index (χ4v) is 2.45. The highest BCUT2D eigenvalue weighted by atomic mass is 32.2. The monoisotopic (exact) mass is 270 g/mol. The summed E-state index contributed by atoms with van der Waals surface area (Å²) in [5.41, 5.74) is 0.413. The Bertz CT molecular complexity index is 393. The molecule has 0 saturated heterocycles. The molecule has 0 aliphatic rings. The fourth-order valence-electron chi connectivity index (χ4n) is 1.54. The van der Waals surface area contributed by atoms with E-state index in [1.165, 1.54) is 32.1 Å². The number of benzene rings is 1. The molecule has 0 bridgehead atoms. The van der Waals surface area contributed by atoms with E-state index >= 15 is 0 Å². The van der Waals surface area contributed by atoms with Crippen LogP contribution in [0.2, 0.25) is 0 Å². The molecule has 0 aromatic heterocycles. The van der Waals surface area contributed by atoms with Crippen LogP contribution in [0.15, 0.2) is 18.2 Å². The summed E-state index contributed by atoms with van der Waals surface area (Å²) < 4.78 is 18.2. The number of rotatable bonds is 8. The van der Waals surface area contributed by atoms with Gasteiger partial charge in [-0.25, -0.2) is 4.39 Å². The van der Waals surface area contributed by atoms with Crippen molar-refractivity contribution in [3.63, 3.8) is 0 Å². The molecular formula is C14H19FO2S. The van der Waals surface area contributed by atoms with E-state index in [0.717, 1.165) is 12.2 Å². The molecule has 0 saturated carbocycles. The fraction of sp³-hybridized carbons (Fsp3) is 0.500. The Morgan fingerprint density at radius 2 is 2.17 bits per heavy atom. The van der Waals surface area contributed by atoms with Crippen LogP contribution < -0.4 is 4.74 Å². The SMILES string of the molecule is CCCCCSCC(=O)c1ccc(OC)c(F)c1. The second kappa shape index (κ2) is 8.14. The Morgan fingerprint density at radius 3 is 2.78 bits per heavy atom. The average Bonchev–Trinajstić information content (AvgIpc) is 2.38. The molecule has 0 aliphatic carbocycles. The number of carbonyl (C=O) groups excluding carboxylic acids is 1. The zero-order valence-corrected chi connectivity index (χ0v) is 11.7. The van der Waals surface area contributed by atoms with Crippen molar-refractivity contribution < 1.29 is 13.9 Å². The summed E-state index contributed by atoms with van der Waals surface area (Å²) in [7, 11) is 1.41. The molecule has 0 amide bonds. The number of unbranched alkanes of at least 4 members (excludes halogenated alkanes) is 2. The van der Waals surface area contributed by atoms with Gasteiger partial charge in [-0.05, 0) is 30.4 Å². The van der Waals surface area contributed by atoms with Crippen LogP contribution in [0.3, 0.4) is 0 Å². The first kappa shape index (κ1) is 15.0. The first-order valence-electron chi connectivity index (χ1n) is 6.13. The molecule has 0 spiro atoms. The molecule has 4 heteroatoms. The standard InChI is InChI=1S/C14H19FO2S/c1-3-4-5-8-18-10-13(16)11-6-7-14(17-2)12(15)9-11/h6-7,9H,3-5,8,10H2,1-2H3. The maximum absolute atomic E-state index is 13.4. The van der Waals surface area contributed by atoms with E-state index in [-0.39, 0.29) is 11.5 Å². The number of thioether (sulfide) groups is 1. The lowest BCUT2D eigenvalue weighted by molar-refractivity contribution is 0.102. The van der Waals surface area contributed by atoms with E-state index in [0.29, 0.717) is 11.3 Å². The van der Waals surface area contributed by atoms with Gasteiger partial charge in [0.2, 0.25) is 0 Å². The second-order valence-corrected chi connectivity index (χ2v) is 5.14. The minimum absolute atomic E-state index is 0.0296. The largest absolute Gasteiger partial charge is 0.494 e. The Labute approximate surface area is 112 Å². The van der Waals surface area contributed by atoms with Crippen molar-refractivity contribution in [3.05, 3.63) is 29.6 Å². The van der Waals surface area contributed by atoms with Crippen LogP contribution in [-0.2, 0) is 0 Å². The Balaban J connectivity index is 2.44. The molecule has 0 atom stereocenters. The Hall–Kier alpha value is -1.03. The lowest BCUT2D eigenvalue weighted by Gasteiger charge is -2.04. The van der Waals surface area contributed by atoms with Crippen molar-refractivity contribution in [2.24, 2.45) is 0 Å². The predicted molar refractivity (Wildman–Crippen MR) is 74.1 cm³/mol. The van der Waals surface area contributed by atoms with Crippen LogP contribution in [0.1, 0.15) is 36.5 Å². The third-order valence-corrected chi connectivity index (χ3v) is 3.64. The molecule has 1 aromatic rings. The van der Waals surface area contributed by atoms with Gasteiger partial charge in [0.1, 0.15) is 0 Å². The van der Waals surface area contributed by atoms with Crippen LogP contribution in [-0.4, -0.2) is 24.4 Å². The molecule has 0 unspecified atom stereocenters. The van der Waals surface area contributed by atoms with Crippen molar-refractivity contribution in [2.75, 3.05) is 18.6 Å². The number of ketones is 1. The Morgan fingerprint density at radius 1 is 1.39 bits per heavy atom. The Kier molecular flexibility index (Phi) is 6.80. The van der Waals surface area contributed by atoms with Crippen molar-refractivity contribution in [1.82, 2.24) is 0 Å². The minimum atomic E-state index is -0.487. The summed E-state index contributed by atoms with van der Waals surface area (Å²) in [6.07, 6.45) is 3.50. The zero-order chi connectivity index (χ0) is 13.4. The highest BCUT2D eigenvalue weighted by Gasteiger charge is 2.09. The summed E-state index contributed by atoms with van der Waals surface area (Å²) in [4.78, 5) is 11.8. The van der Waals surface area contributed by atoms with E-state index < -0.39 is 5.82 Å². The summed E-state index contributed by atoms with van der Waals surface area (Å²) in [6.45, 7) is 2.15. The summed E-state index contributed by atoms with van der Waals surface area (Å²) >= 11 is 1.61. The number of ether oxygens (including phenoxy) is 1. The van der Waals surface area contributed by atoms with Crippen molar-refractivity contribution >= 4 is 17.5 Å². The van der Waals surface area contributed by atoms with Crippen molar-refractivity contribution in [3.8, 4) is 5.75 Å². The van der Waals surface area contributed by atoms with Gasteiger partial charge in [-0.15, -0.1) is 0 Å². The van der Waals surface area contributed by atoms with E-state index in [4.69, 9.17) is 4.74 Å². The van der Waals surface area contributed by atoms with Gasteiger partial charge in [-0.3, -0.25) is 4.79 Å². The van der Waals surface area contributed by atoms with Gasteiger partial charge in [-0.2, -0.15) is 11.8 Å². The molecular weight excluding hydrogens is 251 g/mol. The summed E-state index contributed by atoms with van der Waals surface area (Å²) in [5, 5.41) is 0. The first-order chi connectivity index (χ1) is 8.69. The van der Waals surface area contributed by atoms with Gasteiger partial charge >= 0.3 is 0 Å². The maximum Gasteiger partial charge on any atom is 0.172 e. The molecule has 0 fully saturated rings. The first-order valence-corrected chi connectivity index (χ1v) is 7.29. The van der Waals surface area contributed by atoms with Crippen molar-refractivity contribution in [1.29, 1.82) is 0 Å².